The fourth-order valence-corrected chi connectivity index (χ4v) is 1.61. The molecule has 1 aromatic rings. The number of likely N-dealkylation sites (N-methyl/N-ethyl adjacent to an activating group) is 1. The normalized spacial score (nSPS) is 11.8. The van der Waals surface area contributed by atoms with E-state index in [0.717, 1.165) is 5.56 Å². The first kappa shape index (κ1) is 15.9. The predicted molar refractivity (Wildman–Crippen MR) is 71.6 cm³/mol. The van der Waals surface area contributed by atoms with Crippen molar-refractivity contribution in [2.75, 3.05) is 14.2 Å². The number of carbonyl (C=O) groups is 1. The maximum atomic E-state index is 11.5. The van der Waals surface area contributed by atoms with E-state index in [0.29, 0.717) is 5.92 Å². The lowest BCUT2D eigenvalue weighted by Gasteiger charge is -2.15. The molecular weight excluding hydrogens is 238 g/mol. The lowest BCUT2D eigenvalue weighted by atomic mass is 9.99. The zero-order valence-corrected chi connectivity index (χ0v) is 11.5. The molecule has 96 valence electrons. The number of nitrogens with one attached hydrogen (secondary N) is 1. The summed E-state index contributed by atoms with van der Waals surface area (Å²) in [5.74, 6) is 0.236. The van der Waals surface area contributed by atoms with Crippen LogP contribution in [0.15, 0.2) is 24.3 Å². The number of ether oxygens (including phenoxy) is 1. The molecule has 0 bridgehead atoms. The summed E-state index contributed by atoms with van der Waals surface area (Å²) in [5.41, 5.74) is 2.20. The second-order valence-corrected chi connectivity index (χ2v) is 4.07. The van der Waals surface area contributed by atoms with E-state index in [4.69, 9.17) is 4.74 Å². The van der Waals surface area contributed by atoms with Gasteiger partial charge in [0.2, 0.25) is 0 Å². The van der Waals surface area contributed by atoms with Crippen LogP contribution in [0.5, 0.6) is 0 Å². The number of carbonyl (C=O) groups excluding carboxylic acids is 1. The lowest BCUT2D eigenvalue weighted by Crippen LogP contribution is -2.26. The van der Waals surface area contributed by atoms with Crippen LogP contribution in [0.2, 0.25) is 0 Å². The van der Waals surface area contributed by atoms with Crippen molar-refractivity contribution in [2.45, 2.75) is 25.8 Å². The van der Waals surface area contributed by atoms with Gasteiger partial charge in [-0.3, -0.25) is 0 Å². The molecular formula is C13H20ClNO2. The molecule has 1 unspecified atom stereocenters. The summed E-state index contributed by atoms with van der Waals surface area (Å²) in [6.45, 7) is 4.29. The van der Waals surface area contributed by atoms with Gasteiger partial charge in [0.25, 0.3) is 0 Å². The molecule has 0 radical (unpaired) electrons. The third-order valence-electron chi connectivity index (χ3n) is 2.66. The Morgan fingerprint density at radius 2 is 1.65 bits per heavy atom. The summed E-state index contributed by atoms with van der Waals surface area (Å²) in [4.78, 5) is 11.5. The molecule has 0 aliphatic heterocycles. The summed E-state index contributed by atoms with van der Waals surface area (Å²) in [6, 6.07) is 7.65. The van der Waals surface area contributed by atoms with E-state index in [1.165, 1.54) is 12.7 Å². The van der Waals surface area contributed by atoms with E-state index in [1.54, 1.807) is 7.05 Å². The van der Waals surface area contributed by atoms with Gasteiger partial charge in [-0.25, -0.2) is 4.79 Å². The van der Waals surface area contributed by atoms with Gasteiger partial charge in [-0.1, -0.05) is 38.1 Å². The second kappa shape index (κ2) is 7.30. The molecule has 0 aliphatic carbocycles. The number of hydrogen-bond acceptors (Lipinski definition) is 3. The summed E-state index contributed by atoms with van der Waals surface area (Å²) in [6.07, 6.45) is 0. The van der Waals surface area contributed by atoms with E-state index in [9.17, 15) is 4.79 Å². The first-order valence-corrected chi connectivity index (χ1v) is 5.45. The van der Waals surface area contributed by atoms with Crippen molar-refractivity contribution < 1.29 is 9.53 Å². The van der Waals surface area contributed by atoms with Crippen LogP contribution < -0.4 is 5.32 Å². The van der Waals surface area contributed by atoms with E-state index < -0.39 is 0 Å². The van der Waals surface area contributed by atoms with Crippen molar-refractivity contribution in [3.8, 4) is 0 Å². The fraction of sp³-hybridized carbons (Fsp3) is 0.462. The first-order valence-electron chi connectivity index (χ1n) is 5.45. The minimum absolute atomic E-state index is 0. The van der Waals surface area contributed by atoms with Crippen LogP contribution in [-0.2, 0) is 9.53 Å². The Hall–Kier alpha value is -1.06. The molecule has 1 rings (SSSR count). The first-order chi connectivity index (χ1) is 7.60. The number of esters is 1. The molecule has 1 atom stereocenters. The van der Waals surface area contributed by atoms with Crippen LogP contribution in [0.25, 0.3) is 0 Å². The van der Waals surface area contributed by atoms with E-state index >= 15 is 0 Å². The summed E-state index contributed by atoms with van der Waals surface area (Å²) in [7, 11) is 3.15. The van der Waals surface area contributed by atoms with Gasteiger partial charge in [-0.2, -0.15) is 0 Å². The average molecular weight is 258 g/mol. The molecule has 0 amide bonds. The van der Waals surface area contributed by atoms with Crippen molar-refractivity contribution in [3.63, 3.8) is 0 Å². The van der Waals surface area contributed by atoms with Crippen LogP contribution >= 0.6 is 12.4 Å². The number of hydrogen-bond donors (Lipinski definition) is 1. The molecule has 0 fully saturated rings. The van der Waals surface area contributed by atoms with Gasteiger partial charge in [0.1, 0.15) is 6.04 Å². The van der Waals surface area contributed by atoms with Gasteiger partial charge < -0.3 is 10.1 Å². The highest BCUT2D eigenvalue weighted by Gasteiger charge is 2.18. The maximum absolute atomic E-state index is 11.5. The third kappa shape index (κ3) is 4.02. The Bertz CT molecular complexity index is 349. The van der Waals surface area contributed by atoms with E-state index in [2.05, 4.69) is 19.2 Å². The van der Waals surface area contributed by atoms with E-state index in [1.807, 2.05) is 24.3 Å². The number of rotatable bonds is 4. The molecule has 0 saturated heterocycles. The molecule has 4 heteroatoms. The summed E-state index contributed by atoms with van der Waals surface area (Å²) >= 11 is 0. The van der Waals surface area contributed by atoms with Gasteiger partial charge >= 0.3 is 5.97 Å². The number of halogens is 1. The fourth-order valence-electron chi connectivity index (χ4n) is 1.61. The molecule has 0 saturated carbocycles. The van der Waals surface area contributed by atoms with Crippen molar-refractivity contribution >= 4 is 18.4 Å². The quantitative estimate of drug-likeness (QED) is 0.843. The predicted octanol–water partition coefficient (Wildman–Crippen LogP) is 2.67. The van der Waals surface area contributed by atoms with Crippen molar-refractivity contribution in [2.24, 2.45) is 0 Å². The summed E-state index contributed by atoms with van der Waals surface area (Å²) < 4.78 is 4.73. The number of methoxy groups -OCH3 is 1. The molecule has 17 heavy (non-hydrogen) atoms. The van der Waals surface area contributed by atoms with E-state index in [-0.39, 0.29) is 24.4 Å². The Kier molecular flexibility index (Phi) is 6.85. The molecule has 0 aliphatic rings. The van der Waals surface area contributed by atoms with Crippen LogP contribution in [0, 0.1) is 0 Å². The smallest absolute Gasteiger partial charge is 0.327 e. The molecule has 1 aromatic carbocycles. The molecule has 0 spiro atoms. The minimum atomic E-state index is -0.383. The largest absolute Gasteiger partial charge is 0.468 e. The molecule has 0 heterocycles. The SMILES string of the molecule is CNC(C(=O)OC)c1ccc(C(C)C)cc1.Cl. The van der Waals surface area contributed by atoms with Crippen LogP contribution in [-0.4, -0.2) is 20.1 Å². The van der Waals surface area contributed by atoms with Crippen molar-refractivity contribution in [1.29, 1.82) is 0 Å². The van der Waals surface area contributed by atoms with Gasteiger partial charge in [0.05, 0.1) is 7.11 Å². The van der Waals surface area contributed by atoms with Gasteiger partial charge in [-0.15, -0.1) is 12.4 Å². The van der Waals surface area contributed by atoms with Crippen LogP contribution in [0.3, 0.4) is 0 Å². The van der Waals surface area contributed by atoms with Crippen molar-refractivity contribution in [1.82, 2.24) is 5.32 Å². The Morgan fingerprint density at radius 1 is 1.18 bits per heavy atom. The van der Waals surface area contributed by atoms with Crippen LogP contribution in [0.4, 0.5) is 0 Å². The highest BCUT2D eigenvalue weighted by atomic mass is 35.5. The summed E-state index contributed by atoms with van der Waals surface area (Å²) in [5, 5.41) is 2.94. The molecule has 1 N–H and O–H groups in total. The highest BCUT2D eigenvalue weighted by molar-refractivity contribution is 5.85. The Balaban J connectivity index is 0.00000256. The Labute approximate surface area is 109 Å². The monoisotopic (exact) mass is 257 g/mol. The van der Waals surface area contributed by atoms with Crippen LogP contribution in [0.1, 0.15) is 36.9 Å². The Morgan fingerprint density at radius 3 is 2.00 bits per heavy atom. The second-order valence-electron chi connectivity index (χ2n) is 4.07. The molecule has 3 nitrogen and oxygen atoms in total. The average Bonchev–Trinajstić information content (AvgIpc) is 2.30. The zero-order valence-electron chi connectivity index (χ0n) is 10.7. The maximum Gasteiger partial charge on any atom is 0.327 e. The standard InChI is InChI=1S/C13H19NO2.ClH/c1-9(2)10-5-7-11(8-6-10)12(14-3)13(15)16-4;/h5-9,12,14H,1-4H3;1H. The number of benzene rings is 1. The lowest BCUT2D eigenvalue weighted by molar-refractivity contribution is -0.143. The van der Waals surface area contributed by atoms with Gasteiger partial charge in [0, 0.05) is 0 Å². The van der Waals surface area contributed by atoms with Gasteiger partial charge in [-0.05, 0) is 24.1 Å². The van der Waals surface area contributed by atoms with Crippen molar-refractivity contribution in [3.05, 3.63) is 35.4 Å². The highest BCUT2D eigenvalue weighted by Crippen LogP contribution is 2.19. The minimum Gasteiger partial charge on any atom is -0.468 e. The molecule has 0 aromatic heterocycles. The third-order valence-corrected chi connectivity index (χ3v) is 2.66. The zero-order chi connectivity index (χ0) is 12.1. The van der Waals surface area contributed by atoms with Gasteiger partial charge in [0.15, 0.2) is 0 Å². The topological polar surface area (TPSA) is 38.3 Å².